The number of amides is 1. The van der Waals surface area contributed by atoms with Crippen LogP contribution in [0.1, 0.15) is 30.4 Å². The zero-order valence-electron chi connectivity index (χ0n) is 12.8. The van der Waals surface area contributed by atoms with E-state index in [1.807, 2.05) is 24.3 Å². The summed E-state index contributed by atoms with van der Waals surface area (Å²) >= 11 is 0. The monoisotopic (exact) mass is 324 g/mol. The number of aromatic amines is 1. The summed E-state index contributed by atoms with van der Waals surface area (Å²) in [5.41, 5.74) is 4.01. The highest BCUT2D eigenvalue weighted by Gasteiger charge is 2.36. The third-order valence-corrected chi connectivity index (χ3v) is 4.09. The molecule has 1 aliphatic rings. The van der Waals surface area contributed by atoms with Crippen LogP contribution in [0.2, 0.25) is 0 Å². The zero-order valence-corrected chi connectivity index (χ0v) is 12.8. The molecule has 1 aliphatic carbocycles. The number of benzene rings is 1. The Labute approximate surface area is 137 Å². The Morgan fingerprint density at radius 3 is 3.00 bits per heavy atom. The lowest BCUT2D eigenvalue weighted by molar-refractivity contribution is -0.124. The summed E-state index contributed by atoms with van der Waals surface area (Å²) < 4.78 is 1.78. The van der Waals surface area contributed by atoms with E-state index in [9.17, 15) is 4.79 Å². The summed E-state index contributed by atoms with van der Waals surface area (Å²) in [5.74, 6) is 0.734. The normalized spacial score (nSPS) is 15.9. The second kappa shape index (κ2) is 5.89. The second-order valence-corrected chi connectivity index (χ2v) is 5.85. The molecule has 0 radical (unpaired) electrons. The van der Waals surface area contributed by atoms with Crippen molar-refractivity contribution < 1.29 is 10.0 Å². The number of rotatable bonds is 5. The first-order valence-corrected chi connectivity index (χ1v) is 7.73. The van der Waals surface area contributed by atoms with E-state index in [1.54, 1.807) is 10.9 Å². The van der Waals surface area contributed by atoms with Crippen LogP contribution < -0.4 is 5.48 Å². The Morgan fingerprint density at radius 2 is 2.25 bits per heavy atom. The van der Waals surface area contributed by atoms with E-state index in [1.165, 1.54) is 17.6 Å². The number of hydrogen-bond acceptors (Lipinski definition) is 5. The van der Waals surface area contributed by atoms with E-state index in [0.29, 0.717) is 11.6 Å². The molecule has 0 saturated heterocycles. The number of carbonyl (C=O) groups is 1. The number of imidazole rings is 1. The van der Waals surface area contributed by atoms with Crippen LogP contribution in [-0.4, -0.2) is 36.1 Å². The number of hydroxylamine groups is 1. The highest BCUT2D eigenvalue weighted by molar-refractivity contribution is 5.90. The van der Waals surface area contributed by atoms with Gasteiger partial charge in [-0.1, -0.05) is 17.3 Å². The van der Waals surface area contributed by atoms with Crippen molar-refractivity contribution in [3.05, 3.63) is 48.1 Å². The molecule has 1 fully saturated rings. The molecule has 8 nitrogen and oxygen atoms in total. The molecule has 0 bridgehead atoms. The van der Waals surface area contributed by atoms with Gasteiger partial charge in [0, 0.05) is 6.08 Å². The molecular formula is C16H16N6O2. The Kier molecular flexibility index (Phi) is 3.58. The molecular weight excluding hydrogens is 308 g/mol. The summed E-state index contributed by atoms with van der Waals surface area (Å²) in [7, 11) is 0. The van der Waals surface area contributed by atoms with Crippen LogP contribution in [0.15, 0.2) is 36.5 Å². The van der Waals surface area contributed by atoms with Crippen molar-refractivity contribution in [1.29, 1.82) is 0 Å². The van der Waals surface area contributed by atoms with E-state index in [4.69, 9.17) is 5.21 Å². The van der Waals surface area contributed by atoms with E-state index < -0.39 is 5.91 Å². The number of aromatic nitrogens is 5. The Balaban J connectivity index is 1.65. The molecule has 1 aromatic carbocycles. The van der Waals surface area contributed by atoms with Gasteiger partial charge in [0.15, 0.2) is 0 Å². The van der Waals surface area contributed by atoms with Crippen LogP contribution in [0.4, 0.5) is 0 Å². The minimum Gasteiger partial charge on any atom is -0.340 e. The molecule has 1 saturated carbocycles. The van der Waals surface area contributed by atoms with Gasteiger partial charge >= 0.3 is 0 Å². The fourth-order valence-corrected chi connectivity index (χ4v) is 2.79. The van der Waals surface area contributed by atoms with Crippen LogP contribution in [0.3, 0.4) is 0 Å². The molecule has 3 N–H and O–H groups in total. The van der Waals surface area contributed by atoms with Crippen LogP contribution in [0.5, 0.6) is 0 Å². The number of para-hydroxylation sites is 2. The second-order valence-electron chi connectivity index (χ2n) is 5.85. The van der Waals surface area contributed by atoms with Gasteiger partial charge in [-0.05, 0) is 37.0 Å². The topological polar surface area (TPSA) is 109 Å². The van der Waals surface area contributed by atoms with E-state index >= 15 is 0 Å². The third-order valence-electron chi connectivity index (χ3n) is 4.09. The van der Waals surface area contributed by atoms with Gasteiger partial charge in [-0.15, -0.1) is 5.10 Å². The van der Waals surface area contributed by atoms with Crippen LogP contribution in [-0.2, 0) is 4.79 Å². The first-order valence-electron chi connectivity index (χ1n) is 7.73. The molecule has 4 rings (SSSR count). The molecule has 1 atom stereocenters. The highest BCUT2D eigenvalue weighted by atomic mass is 16.5. The first-order chi connectivity index (χ1) is 11.7. The van der Waals surface area contributed by atoms with Gasteiger partial charge in [0.1, 0.15) is 17.6 Å². The van der Waals surface area contributed by atoms with Gasteiger partial charge in [0.25, 0.3) is 5.91 Å². The van der Waals surface area contributed by atoms with Crippen molar-refractivity contribution in [2.75, 3.05) is 0 Å². The Morgan fingerprint density at radius 1 is 1.42 bits per heavy atom. The molecule has 24 heavy (non-hydrogen) atoms. The van der Waals surface area contributed by atoms with E-state index in [0.717, 1.165) is 29.7 Å². The van der Waals surface area contributed by atoms with Gasteiger partial charge in [-0.2, -0.15) is 0 Å². The summed E-state index contributed by atoms with van der Waals surface area (Å²) in [4.78, 5) is 19.1. The number of nitrogens with zero attached hydrogens (tertiary/aromatic N) is 4. The molecule has 3 aromatic rings. The molecule has 0 aliphatic heterocycles. The predicted octanol–water partition coefficient (Wildman–Crippen LogP) is 1.67. The summed E-state index contributed by atoms with van der Waals surface area (Å²) in [6, 6.07) is 7.91. The van der Waals surface area contributed by atoms with Crippen molar-refractivity contribution in [2.45, 2.75) is 18.9 Å². The quantitative estimate of drug-likeness (QED) is 0.376. The number of fused-ring (bicyclic) bond motifs is 1. The number of nitrogens with one attached hydrogen (secondary N) is 2. The summed E-state index contributed by atoms with van der Waals surface area (Å²) in [6.07, 6.45) is 6.72. The molecule has 2 aromatic heterocycles. The van der Waals surface area contributed by atoms with Crippen molar-refractivity contribution in [1.82, 2.24) is 30.4 Å². The third kappa shape index (κ3) is 2.79. The van der Waals surface area contributed by atoms with Crippen molar-refractivity contribution in [3.8, 4) is 0 Å². The largest absolute Gasteiger partial charge is 0.340 e. The molecule has 1 amide bonds. The number of H-pyrrole nitrogens is 1. The van der Waals surface area contributed by atoms with Gasteiger partial charge in [0.2, 0.25) is 0 Å². The van der Waals surface area contributed by atoms with E-state index in [-0.39, 0.29) is 6.04 Å². The van der Waals surface area contributed by atoms with Crippen molar-refractivity contribution in [3.63, 3.8) is 0 Å². The zero-order chi connectivity index (χ0) is 16.5. The van der Waals surface area contributed by atoms with Crippen LogP contribution in [0, 0.1) is 5.92 Å². The molecule has 122 valence electrons. The SMILES string of the molecule is O=C(C=Cc1cn(C(c2nc3ccccc3[nH]2)C2CC2)nn1)NO. The van der Waals surface area contributed by atoms with Crippen LogP contribution in [0.25, 0.3) is 17.1 Å². The fourth-order valence-electron chi connectivity index (χ4n) is 2.79. The van der Waals surface area contributed by atoms with E-state index in [2.05, 4.69) is 20.3 Å². The average molecular weight is 324 g/mol. The van der Waals surface area contributed by atoms with Gasteiger partial charge < -0.3 is 4.98 Å². The molecule has 2 heterocycles. The molecule has 8 heteroatoms. The highest BCUT2D eigenvalue weighted by Crippen LogP contribution is 2.42. The number of carbonyl (C=O) groups excluding carboxylic acids is 1. The minimum absolute atomic E-state index is 0.00119. The maximum atomic E-state index is 11.0. The van der Waals surface area contributed by atoms with Crippen LogP contribution >= 0.6 is 0 Å². The lowest BCUT2D eigenvalue weighted by Gasteiger charge is -2.13. The molecule has 0 spiro atoms. The summed E-state index contributed by atoms with van der Waals surface area (Å²) in [6.45, 7) is 0. The average Bonchev–Trinajstić information content (AvgIpc) is 3.16. The predicted molar refractivity (Wildman–Crippen MR) is 85.9 cm³/mol. The smallest absolute Gasteiger partial charge is 0.267 e. The fraction of sp³-hybridized carbons (Fsp3) is 0.250. The minimum atomic E-state index is -0.611. The standard InChI is InChI=1S/C16H16N6O2/c23-14(20-24)8-7-11-9-22(21-19-11)15(10-5-6-10)16-17-12-3-1-2-4-13(12)18-16/h1-4,7-10,15,24H,5-6H2,(H,17,18)(H,20,23). The van der Waals surface area contributed by atoms with Gasteiger partial charge in [-0.25, -0.2) is 15.1 Å². The first kappa shape index (κ1) is 14.6. The lowest BCUT2D eigenvalue weighted by Crippen LogP contribution is -2.15. The maximum Gasteiger partial charge on any atom is 0.267 e. The summed E-state index contributed by atoms with van der Waals surface area (Å²) in [5, 5.41) is 16.7. The lowest BCUT2D eigenvalue weighted by atomic mass is 10.2. The number of hydrogen-bond donors (Lipinski definition) is 3. The Hall–Kier alpha value is -3.00. The maximum absolute atomic E-state index is 11.0. The molecule has 1 unspecified atom stereocenters. The van der Waals surface area contributed by atoms with Gasteiger partial charge in [-0.3, -0.25) is 10.0 Å². The van der Waals surface area contributed by atoms with Gasteiger partial charge in [0.05, 0.1) is 17.2 Å². The van der Waals surface area contributed by atoms with Crippen molar-refractivity contribution >= 4 is 23.0 Å². The van der Waals surface area contributed by atoms with Crippen molar-refractivity contribution in [2.24, 2.45) is 5.92 Å². The Bertz CT molecular complexity index is 875.